The van der Waals surface area contributed by atoms with Crippen LogP contribution in [-0.4, -0.2) is 28.8 Å². The Kier molecular flexibility index (Phi) is 3.45. The lowest BCUT2D eigenvalue weighted by Crippen LogP contribution is -2.63. The summed E-state index contributed by atoms with van der Waals surface area (Å²) in [6, 6.07) is 6.09. The van der Waals surface area contributed by atoms with E-state index in [2.05, 4.69) is 5.32 Å². The molecule has 0 atom stereocenters. The van der Waals surface area contributed by atoms with Crippen molar-refractivity contribution in [1.29, 1.82) is 0 Å². The maximum atomic E-state index is 12.3. The molecular weight excluding hydrogens is 240 g/mol. The van der Waals surface area contributed by atoms with Crippen LogP contribution in [0.3, 0.4) is 0 Å². The number of rotatable bonds is 2. The zero-order chi connectivity index (χ0) is 14.2. The van der Waals surface area contributed by atoms with Gasteiger partial charge in [-0.2, -0.15) is 0 Å². The Morgan fingerprint density at radius 2 is 1.95 bits per heavy atom. The Bertz CT molecular complexity index is 535. The van der Waals surface area contributed by atoms with E-state index in [9.17, 15) is 9.59 Å². The third kappa shape index (κ3) is 2.68. The summed E-state index contributed by atoms with van der Waals surface area (Å²) in [7, 11) is 0. The van der Waals surface area contributed by atoms with Crippen molar-refractivity contribution in [3.63, 3.8) is 0 Å². The molecule has 1 N–H and O–H groups in total. The molecule has 1 aliphatic rings. The molecule has 1 fully saturated rings. The van der Waals surface area contributed by atoms with E-state index in [0.29, 0.717) is 6.54 Å². The topological polar surface area (TPSA) is 49.4 Å². The van der Waals surface area contributed by atoms with Crippen LogP contribution in [0.5, 0.6) is 0 Å². The smallest absolute Gasteiger partial charge is 0.249 e. The van der Waals surface area contributed by atoms with Crippen molar-refractivity contribution in [3.05, 3.63) is 34.9 Å². The standard InChI is InChI=1S/C15H20N2O2/c1-10-5-6-11(2)12(7-10)9-17-13(18)8-16-15(3,4)14(17)19/h5-7,16H,8-9H2,1-4H3. The second kappa shape index (κ2) is 4.78. The average molecular weight is 260 g/mol. The third-order valence-electron chi connectivity index (χ3n) is 3.60. The van der Waals surface area contributed by atoms with Gasteiger partial charge >= 0.3 is 0 Å². The van der Waals surface area contributed by atoms with Gasteiger partial charge in [0.2, 0.25) is 11.8 Å². The number of carbonyl (C=O) groups is 2. The highest BCUT2D eigenvalue weighted by Gasteiger charge is 2.39. The maximum absolute atomic E-state index is 12.3. The van der Waals surface area contributed by atoms with Crippen molar-refractivity contribution in [3.8, 4) is 0 Å². The van der Waals surface area contributed by atoms with Crippen LogP contribution in [0.2, 0.25) is 0 Å². The fourth-order valence-corrected chi connectivity index (χ4v) is 2.22. The highest BCUT2D eigenvalue weighted by atomic mass is 16.2. The van der Waals surface area contributed by atoms with E-state index < -0.39 is 5.54 Å². The fourth-order valence-electron chi connectivity index (χ4n) is 2.22. The number of piperazine rings is 1. The van der Waals surface area contributed by atoms with Gasteiger partial charge in [-0.3, -0.25) is 19.8 Å². The van der Waals surface area contributed by atoms with Gasteiger partial charge in [0.15, 0.2) is 0 Å². The van der Waals surface area contributed by atoms with Gasteiger partial charge in [-0.05, 0) is 38.8 Å². The van der Waals surface area contributed by atoms with Crippen molar-refractivity contribution in [2.75, 3.05) is 6.54 Å². The van der Waals surface area contributed by atoms with Crippen LogP contribution < -0.4 is 5.32 Å². The third-order valence-corrected chi connectivity index (χ3v) is 3.60. The predicted molar refractivity (Wildman–Crippen MR) is 73.6 cm³/mol. The maximum Gasteiger partial charge on any atom is 0.249 e. The van der Waals surface area contributed by atoms with Crippen LogP contribution in [0.25, 0.3) is 0 Å². The summed E-state index contributed by atoms with van der Waals surface area (Å²) in [6.07, 6.45) is 0. The molecule has 102 valence electrons. The minimum atomic E-state index is -0.675. The van der Waals surface area contributed by atoms with Crippen LogP contribution in [0.15, 0.2) is 18.2 Å². The zero-order valence-electron chi connectivity index (χ0n) is 11.9. The number of nitrogens with zero attached hydrogens (tertiary/aromatic N) is 1. The normalized spacial score (nSPS) is 18.8. The molecule has 4 nitrogen and oxygen atoms in total. The summed E-state index contributed by atoms with van der Waals surface area (Å²) in [6.45, 7) is 8.18. The van der Waals surface area contributed by atoms with Crippen molar-refractivity contribution >= 4 is 11.8 Å². The molecule has 1 aliphatic heterocycles. The second-order valence-electron chi connectivity index (χ2n) is 5.69. The van der Waals surface area contributed by atoms with Crippen LogP contribution in [0.4, 0.5) is 0 Å². The summed E-state index contributed by atoms with van der Waals surface area (Å²) >= 11 is 0. The number of carbonyl (C=O) groups excluding carboxylic acids is 2. The van der Waals surface area contributed by atoms with E-state index in [4.69, 9.17) is 0 Å². The van der Waals surface area contributed by atoms with Gasteiger partial charge in [-0.15, -0.1) is 0 Å². The van der Waals surface area contributed by atoms with E-state index >= 15 is 0 Å². The van der Waals surface area contributed by atoms with Gasteiger partial charge in [0.05, 0.1) is 18.6 Å². The zero-order valence-corrected chi connectivity index (χ0v) is 11.9. The van der Waals surface area contributed by atoms with E-state index in [1.165, 1.54) is 4.90 Å². The molecule has 19 heavy (non-hydrogen) atoms. The number of imide groups is 1. The number of benzene rings is 1. The molecule has 0 bridgehead atoms. The summed E-state index contributed by atoms with van der Waals surface area (Å²) in [4.78, 5) is 25.6. The number of hydrogen-bond donors (Lipinski definition) is 1. The fraction of sp³-hybridized carbons (Fsp3) is 0.467. The van der Waals surface area contributed by atoms with E-state index in [0.717, 1.165) is 16.7 Å². The lowest BCUT2D eigenvalue weighted by atomic mass is 9.98. The lowest BCUT2D eigenvalue weighted by molar-refractivity contribution is -0.153. The molecule has 2 rings (SSSR count). The Balaban J connectivity index is 2.28. The van der Waals surface area contributed by atoms with E-state index in [-0.39, 0.29) is 18.4 Å². The number of aryl methyl sites for hydroxylation is 2. The van der Waals surface area contributed by atoms with E-state index in [1.807, 2.05) is 32.0 Å². The highest BCUT2D eigenvalue weighted by molar-refractivity contribution is 6.02. The van der Waals surface area contributed by atoms with Crippen molar-refractivity contribution < 1.29 is 9.59 Å². The monoisotopic (exact) mass is 260 g/mol. The molecule has 0 spiro atoms. The summed E-state index contributed by atoms with van der Waals surface area (Å²) in [5.74, 6) is -0.324. The highest BCUT2D eigenvalue weighted by Crippen LogP contribution is 2.19. The molecule has 4 heteroatoms. The molecule has 1 heterocycles. The van der Waals surface area contributed by atoms with Gasteiger partial charge in [-0.25, -0.2) is 0 Å². The van der Waals surface area contributed by atoms with Crippen LogP contribution in [-0.2, 0) is 16.1 Å². The summed E-state index contributed by atoms with van der Waals surface area (Å²) < 4.78 is 0. The Labute approximate surface area is 113 Å². The molecule has 1 saturated heterocycles. The first-order valence-corrected chi connectivity index (χ1v) is 6.47. The molecule has 1 aromatic carbocycles. The lowest BCUT2D eigenvalue weighted by Gasteiger charge is -2.36. The quantitative estimate of drug-likeness (QED) is 0.821. The van der Waals surface area contributed by atoms with Crippen molar-refractivity contribution in [2.45, 2.75) is 39.8 Å². The molecule has 0 radical (unpaired) electrons. The first-order chi connectivity index (χ1) is 8.81. The Morgan fingerprint density at radius 1 is 1.26 bits per heavy atom. The molecule has 0 aromatic heterocycles. The first kappa shape index (κ1) is 13.7. The minimum absolute atomic E-state index is 0.162. The first-order valence-electron chi connectivity index (χ1n) is 6.47. The van der Waals surface area contributed by atoms with Gasteiger partial charge in [-0.1, -0.05) is 23.8 Å². The SMILES string of the molecule is Cc1ccc(C)c(CN2C(=O)CNC(C)(C)C2=O)c1. The Morgan fingerprint density at radius 3 is 2.63 bits per heavy atom. The molecule has 0 aliphatic carbocycles. The average Bonchev–Trinajstić information content (AvgIpc) is 2.34. The van der Waals surface area contributed by atoms with Gasteiger partial charge in [0, 0.05) is 0 Å². The predicted octanol–water partition coefficient (Wildman–Crippen LogP) is 1.54. The van der Waals surface area contributed by atoms with Crippen LogP contribution >= 0.6 is 0 Å². The number of nitrogens with one attached hydrogen (secondary N) is 1. The molecule has 1 aromatic rings. The Hall–Kier alpha value is -1.68. The van der Waals surface area contributed by atoms with Gasteiger partial charge < -0.3 is 0 Å². The van der Waals surface area contributed by atoms with Crippen LogP contribution in [0, 0.1) is 13.8 Å². The van der Waals surface area contributed by atoms with Crippen LogP contribution in [0.1, 0.15) is 30.5 Å². The van der Waals surface area contributed by atoms with Crippen molar-refractivity contribution in [2.24, 2.45) is 0 Å². The number of amides is 2. The van der Waals surface area contributed by atoms with Gasteiger partial charge in [0.1, 0.15) is 0 Å². The number of hydrogen-bond acceptors (Lipinski definition) is 3. The molecular formula is C15H20N2O2. The molecule has 0 unspecified atom stereocenters. The minimum Gasteiger partial charge on any atom is -0.295 e. The molecule has 2 amide bonds. The largest absolute Gasteiger partial charge is 0.295 e. The van der Waals surface area contributed by atoms with Gasteiger partial charge in [0.25, 0.3) is 0 Å². The second-order valence-corrected chi connectivity index (χ2v) is 5.69. The summed E-state index contributed by atoms with van der Waals surface area (Å²) in [5.41, 5.74) is 2.59. The molecule has 0 saturated carbocycles. The van der Waals surface area contributed by atoms with E-state index in [1.54, 1.807) is 13.8 Å². The summed E-state index contributed by atoms with van der Waals surface area (Å²) in [5, 5.41) is 2.96. The van der Waals surface area contributed by atoms with Crippen molar-refractivity contribution in [1.82, 2.24) is 10.2 Å².